The van der Waals surface area contributed by atoms with Gasteiger partial charge in [-0.05, 0) is 48.9 Å². The molecular formula is C18H23N3. The molecule has 2 heterocycles. The maximum Gasteiger partial charge on any atom is 0.0646 e. The molecule has 1 aliphatic heterocycles. The highest BCUT2D eigenvalue weighted by Crippen LogP contribution is 2.31. The molecular weight excluding hydrogens is 258 g/mol. The summed E-state index contributed by atoms with van der Waals surface area (Å²) in [6, 6.07) is 8.70. The van der Waals surface area contributed by atoms with Crippen LogP contribution >= 0.6 is 0 Å². The first-order chi connectivity index (χ1) is 10.1. The van der Waals surface area contributed by atoms with Crippen LogP contribution in [0.3, 0.4) is 0 Å². The van der Waals surface area contributed by atoms with Crippen molar-refractivity contribution >= 4 is 11.4 Å². The molecule has 0 aliphatic carbocycles. The van der Waals surface area contributed by atoms with Crippen LogP contribution in [0.15, 0.2) is 30.5 Å². The first-order valence-corrected chi connectivity index (χ1v) is 7.59. The van der Waals surface area contributed by atoms with Gasteiger partial charge in [0.1, 0.15) is 0 Å². The largest absolute Gasteiger partial charge is 0.398 e. The van der Waals surface area contributed by atoms with Gasteiger partial charge in [0.25, 0.3) is 0 Å². The number of nitrogens with zero attached hydrogens (tertiary/aromatic N) is 2. The Balaban J connectivity index is 1.94. The molecule has 3 rings (SSSR count). The van der Waals surface area contributed by atoms with Gasteiger partial charge < -0.3 is 10.6 Å². The lowest BCUT2D eigenvalue weighted by Gasteiger charge is -2.35. The highest BCUT2D eigenvalue weighted by Gasteiger charge is 2.22. The van der Waals surface area contributed by atoms with Gasteiger partial charge in [0, 0.05) is 24.1 Å². The van der Waals surface area contributed by atoms with Gasteiger partial charge in [-0.1, -0.05) is 25.1 Å². The van der Waals surface area contributed by atoms with Crippen LogP contribution in [0.2, 0.25) is 0 Å². The molecule has 3 heteroatoms. The number of hydrogen-bond donors (Lipinski definition) is 1. The molecule has 1 aliphatic rings. The predicted molar refractivity (Wildman–Crippen MR) is 88.5 cm³/mol. The molecule has 0 radical (unpaired) electrons. The van der Waals surface area contributed by atoms with E-state index in [4.69, 9.17) is 5.73 Å². The van der Waals surface area contributed by atoms with Crippen molar-refractivity contribution in [3.63, 3.8) is 0 Å². The summed E-state index contributed by atoms with van der Waals surface area (Å²) in [6.07, 6.45) is 3.05. The van der Waals surface area contributed by atoms with E-state index in [1.165, 1.54) is 11.3 Å². The van der Waals surface area contributed by atoms with Crippen molar-refractivity contribution in [1.82, 2.24) is 4.98 Å². The van der Waals surface area contributed by atoms with Crippen LogP contribution in [0.1, 0.15) is 29.3 Å². The lowest BCUT2D eigenvalue weighted by molar-refractivity contribution is 0.528. The van der Waals surface area contributed by atoms with Crippen LogP contribution in [0.4, 0.5) is 11.4 Å². The fourth-order valence-corrected chi connectivity index (χ4v) is 3.19. The van der Waals surface area contributed by atoms with E-state index >= 15 is 0 Å². The van der Waals surface area contributed by atoms with Crippen molar-refractivity contribution in [2.45, 2.75) is 33.7 Å². The molecule has 0 saturated carbocycles. The van der Waals surface area contributed by atoms with Gasteiger partial charge in [0.15, 0.2) is 0 Å². The molecule has 2 aromatic rings. The summed E-state index contributed by atoms with van der Waals surface area (Å²) in [5, 5.41) is 0. The number of aromatic nitrogens is 1. The molecule has 1 aromatic heterocycles. The van der Waals surface area contributed by atoms with Crippen LogP contribution < -0.4 is 10.6 Å². The molecule has 21 heavy (non-hydrogen) atoms. The summed E-state index contributed by atoms with van der Waals surface area (Å²) in [5.74, 6) is 0.669. The van der Waals surface area contributed by atoms with Gasteiger partial charge in [0.2, 0.25) is 0 Å². The van der Waals surface area contributed by atoms with E-state index < -0.39 is 0 Å². The summed E-state index contributed by atoms with van der Waals surface area (Å²) < 4.78 is 0. The van der Waals surface area contributed by atoms with Crippen molar-refractivity contribution in [3.05, 3.63) is 52.8 Å². The van der Waals surface area contributed by atoms with Gasteiger partial charge in [-0.3, -0.25) is 4.98 Å². The minimum absolute atomic E-state index is 0.669. The third kappa shape index (κ3) is 2.60. The molecule has 0 saturated heterocycles. The molecule has 0 amide bonds. The zero-order chi connectivity index (χ0) is 15.0. The number of rotatable bonds is 2. The highest BCUT2D eigenvalue weighted by molar-refractivity contribution is 5.58. The first kappa shape index (κ1) is 13.9. The third-order valence-corrected chi connectivity index (χ3v) is 4.45. The minimum Gasteiger partial charge on any atom is -0.398 e. The fourth-order valence-electron chi connectivity index (χ4n) is 3.19. The second-order valence-electron chi connectivity index (χ2n) is 6.25. The lowest BCUT2D eigenvalue weighted by Crippen LogP contribution is -2.34. The second kappa shape index (κ2) is 5.40. The number of hydrogen-bond acceptors (Lipinski definition) is 3. The van der Waals surface area contributed by atoms with E-state index in [2.05, 4.69) is 48.0 Å². The van der Waals surface area contributed by atoms with E-state index in [1.54, 1.807) is 0 Å². The smallest absolute Gasteiger partial charge is 0.0646 e. The fraction of sp³-hybridized carbons (Fsp3) is 0.389. The molecule has 0 spiro atoms. The Hall–Kier alpha value is -2.03. The molecule has 1 unspecified atom stereocenters. The molecule has 1 aromatic carbocycles. The van der Waals surface area contributed by atoms with Gasteiger partial charge in [-0.15, -0.1) is 0 Å². The number of nitrogen functional groups attached to an aromatic ring is 1. The normalized spacial score (nSPS) is 17.7. The summed E-state index contributed by atoms with van der Waals surface area (Å²) in [7, 11) is 0. The van der Waals surface area contributed by atoms with Crippen molar-refractivity contribution in [1.29, 1.82) is 0 Å². The van der Waals surface area contributed by atoms with E-state index in [-0.39, 0.29) is 0 Å². The summed E-state index contributed by atoms with van der Waals surface area (Å²) >= 11 is 0. The number of anilines is 2. The predicted octanol–water partition coefficient (Wildman–Crippen LogP) is 3.48. The summed E-state index contributed by atoms with van der Waals surface area (Å²) in [6.45, 7) is 8.30. The minimum atomic E-state index is 0.669. The van der Waals surface area contributed by atoms with Gasteiger partial charge in [-0.2, -0.15) is 0 Å². The van der Waals surface area contributed by atoms with E-state index in [1.807, 2.05) is 13.1 Å². The summed E-state index contributed by atoms with van der Waals surface area (Å²) in [4.78, 5) is 7.05. The Bertz CT molecular complexity index is 664. The van der Waals surface area contributed by atoms with Crippen LogP contribution in [0.5, 0.6) is 0 Å². The SMILES string of the molecule is Cc1cnc(CN2CC(C)Cc3ccccc32)c(C)c1N. The molecule has 0 fully saturated rings. The standard InChI is InChI=1S/C18H23N3/c1-12-8-15-6-4-5-7-17(15)21(10-12)11-16-14(3)18(19)13(2)9-20-16/h4-7,9,12H,8,10-11H2,1-3H3,(H2,19,20). The van der Waals surface area contributed by atoms with Crippen LogP contribution in [-0.2, 0) is 13.0 Å². The van der Waals surface area contributed by atoms with Crippen molar-refractivity contribution in [2.75, 3.05) is 17.2 Å². The maximum absolute atomic E-state index is 6.15. The van der Waals surface area contributed by atoms with Crippen LogP contribution in [0.25, 0.3) is 0 Å². The van der Waals surface area contributed by atoms with Gasteiger partial charge in [-0.25, -0.2) is 0 Å². The van der Waals surface area contributed by atoms with E-state index in [0.29, 0.717) is 5.92 Å². The van der Waals surface area contributed by atoms with Crippen molar-refractivity contribution < 1.29 is 0 Å². The van der Waals surface area contributed by atoms with Crippen molar-refractivity contribution in [3.8, 4) is 0 Å². The molecule has 2 N–H and O–H groups in total. The van der Waals surface area contributed by atoms with Crippen LogP contribution in [0, 0.1) is 19.8 Å². The Labute approximate surface area is 126 Å². The summed E-state index contributed by atoms with van der Waals surface area (Å²) in [5.41, 5.74) is 13.1. The average molecular weight is 281 g/mol. The first-order valence-electron chi connectivity index (χ1n) is 7.59. The zero-order valence-corrected chi connectivity index (χ0v) is 13.1. The van der Waals surface area contributed by atoms with E-state index in [9.17, 15) is 0 Å². The Kier molecular flexibility index (Phi) is 3.58. The second-order valence-corrected chi connectivity index (χ2v) is 6.25. The maximum atomic E-state index is 6.15. The highest BCUT2D eigenvalue weighted by atomic mass is 15.1. The lowest BCUT2D eigenvalue weighted by atomic mass is 9.93. The zero-order valence-electron chi connectivity index (χ0n) is 13.1. The molecule has 1 atom stereocenters. The van der Waals surface area contributed by atoms with Crippen molar-refractivity contribution in [2.24, 2.45) is 5.92 Å². The average Bonchev–Trinajstić information content (AvgIpc) is 2.47. The molecule has 0 bridgehead atoms. The Morgan fingerprint density at radius 3 is 2.86 bits per heavy atom. The molecule has 3 nitrogen and oxygen atoms in total. The molecule has 110 valence electrons. The number of para-hydroxylation sites is 1. The van der Waals surface area contributed by atoms with Gasteiger partial charge in [0.05, 0.1) is 12.2 Å². The number of fused-ring (bicyclic) bond motifs is 1. The quantitative estimate of drug-likeness (QED) is 0.916. The number of benzene rings is 1. The number of pyridine rings is 1. The Morgan fingerprint density at radius 1 is 1.29 bits per heavy atom. The number of nitrogens with two attached hydrogens (primary N) is 1. The van der Waals surface area contributed by atoms with E-state index in [0.717, 1.165) is 42.0 Å². The van der Waals surface area contributed by atoms with Gasteiger partial charge >= 0.3 is 0 Å². The monoisotopic (exact) mass is 281 g/mol. The van der Waals surface area contributed by atoms with Crippen LogP contribution in [-0.4, -0.2) is 11.5 Å². The number of aryl methyl sites for hydroxylation is 1. The third-order valence-electron chi connectivity index (χ3n) is 4.45. The Morgan fingerprint density at radius 2 is 2.05 bits per heavy atom. The topological polar surface area (TPSA) is 42.2 Å².